The number of carbonyl (C=O) groups excluding carboxylic acids is 1. The Morgan fingerprint density at radius 1 is 1.06 bits per heavy atom. The van der Waals surface area contributed by atoms with E-state index in [-0.39, 0.29) is 22.7 Å². The Morgan fingerprint density at radius 2 is 1.81 bits per heavy atom. The van der Waals surface area contributed by atoms with Crippen molar-refractivity contribution in [2.45, 2.75) is 57.2 Å². The van der Waals surface area contributed by atoms with Gasteiger partial charge in [0.1, 0.15) is 10.8 Å². The summed E-state index contributed by atoms with van der Waals surface area (Å²) >= 11 is 12.3. The van der Waals surface area contributed by atoms with Crippen LogP contribution in [0.15, 0.2) is 30.5 Å². The van der Waals surface area contributed by atoms with Crippen molar-refractivity contribution >= 4 is 29.1 Å². The van der Waals surface area contributed by atoms with Crippen LogP contribution in [0.25, 0.3) is 0 Å². The van der Waals surface area contributed by atoms with E-state index in [4.69, 9.17) is 27.9 Å². The van der Waals surface area contributed by atoms with Crippen LogP contribution in [-0.2, 0) is 17.4 Å². The first-order chi connectivity index (χ1) is 15.2. The summed E-state index contributed by atoms with van der Waals surface area (Å²) in [6.45, 7) is 0.797. The summed E-state index contributed by atoms with van der Waals surface area (Å²) in [5.74, 6) is 0.272. The fourth-order valence-electron chi connectivity index (χ4n) is 4.50. The molecule has 0 radical (unpaired) electrons. The van der Waals surface area contributed by atoms with Crippen molar-refractivity contribution in [1.29, 1.82) is 0 Å². The molecule has 2 aromatic rings. The molecule has 2 aliphatic rings. The molecule has 1 aromatic heterocycles. The maximum absolute atomic E-state index is 12.9. The summed E-state index contributed by atoms with van der Waals surface area (Å²) < 4.78 is 43.8. The molecule has 4 rings (SSSR count). The SMILES string of the molecule is O=C1C(Cc2ccc(Oc3ncc(C(F)(F)F)cc3Cl)cc2Cl)CCN1C1CCCCC1. The number of aromatic nitrogens is 1. The second-order valence-corrected chi connectivity index (χ2v) is 9.19. The monoisotopic (exact) mass is 486 g/mol. The van der Waals surface area contributed by atoms with Gasteiger partial charge in [-0.15, -0.1) is 0 Å². The molecular formula is C23H23Cl2F3N2O2. The standard InChI is InChI=1S/C23H23Cl2F3N2O2/c24-19-12-18(32-21-20(25)11-16(13-29-21)23(26,27)28)7-6-14(19)10-15-8-9-30(22(15)31)17-4-2-1-3-5-17/h6-7,11-13,15,17H,1-5,8-10H2. The van der Waals surface area contributed by atoms with Crippen molar-refractivity contribution in [3.63, 3.8) is 0 Å². The van der Waals surface area contributed by atoms with Crippen LogP contribution in [0, 0.1) is 5.92 Å². The molecule has 1 amide bonds. The number of nitrogens with zero attached hydrogens (tertiary/aromatic N) is 2. The first kappa shape index (κ1) is 23.2. The van der Waals surface area contributed by atoms with E-state index >= 15 is 0 Å². The molecule has 1 aliphatic carbocycles. The van der Waals surface area contributed by atoms with E-state index in [1.54, 1.807) is 18.2 Å². The van der Waals surface area contributed by atoms with Crippen LogP contribution >= 0.6 is 23.2 Å². The van der Waals surface area contributed by atoms with Gasteiger partial charge in [0, 0.05) is 29.7 Å². The number of hydrogen-bond donors (Lipinski definition) is 0. The lowest BCUT2D eigenvalue weighted by Gasteiger charge is -2.31. The van der Waals surface area contributed by atoms with E-state index in [1.807, 2.05) is 4.90 Å². The molecule has 1 aliphatic heterocycles. The maximum Gasteiger partial charge on any atom is 0.417 e. The third-order valence-electron chi connectivity index (χ3n) is 6.21. The molecule has 32 heavy (non-hydrogen) atoms. The summed E-state index contributed by atoms with van der Waals surface area (Å²) in [4.78, 5) is 18.6. The molecule has 1 saturated carbocycles. The smallest absolute Gasteiger partial charge is 0.417 e. The zero-order chi connectivity index (χ0) is 22.9. The molecule has 1 aromatic carbocycles. The maximum atomic E-state index is 12.9. The fourth-order valence-corrected chi connectivity index (χ4v) is 4.95. The van der Waals surface area contributed by atoms with Gasteiger partial charge >= 0.3 is 6.18 Å². The van der Waals surface area contributed by atoms with Crippen molar-refractivity contribution < 1.29 is 22.7 Å². The molecule has 0 N–H and O–H groups in total. The first-order valence-corrected chi connectivity index (χ1v) is 11.5. The highest BCUT2D eigenvalue weighted by molar-refractivity contribution is 6.32. The van der Waals surface area contributed by atoms with Crippen LogP contribution in [0.1, 0.15) is 49.7 Å². The number of likely N-dealkylation sites (tertiary alicyclic amines) is 1. The Balaban J connectivity index is 1.41. The van der Waals surface area contributed by atoms with Crippen molar-refractivity contribution in [3.8, 4) is 11.6 Å². The highest BCUT2D eigenvalue weighted by atomic mass is 35.5. The van der Waals surface area contributed by atoms with Crippen LogP contribution < -0.4 is 4.74 Å². The Kier molecular flexibility index (Phi) is 6.86. The van der Waals surface area contributed by atoms with Gasteiger partial charge in [0.25, 0.3) is 0 Å². The van der Waals surface area contributed by atoms with Gasteiger partial charge in [0.2, 0.25) is 11.8 Å². The number of hydrogen-bond acceptors (Lipinski definition) is 3. The molecular weight excluding hydrogens is 464 g/mol. The average molecular weight is 487 g/mol. The molecule has 9 heteroatoms. The van der Waals surface area contributed by atoms with Crippen LogP contribution in [0.2, 0.25) is 10.0 Å². The minimum atomic E-state index is -4.54. The van der Waals surface area contributed by atoms with E-state index in [9.17, 15) is 18.0 Å². The zero-order valence-corrected chi connectivity index (χ0v) is 18.8. The second kappa shape index (κ2) is 9.48. The average Bonchev–Trinajstić information content (AvgIpc) is 3.11. The fraction of sp³-hybridized carbons (Fsp3) is 0.478. The largest absolute Gasteiger partial charge is 0.437 e. The lowest BCUT2D eigenvalue weighted by Crippen LogP contribution is -2.39. The Hall–Kier alpha value is -1.99. The lowest BCUT2D eigenvalue weighted by molar-refractivity contribution is -0.138. The van der Waals surface area contributed by atoms with Crippen molar-refractivity contribution in [2.24, 2.45) is 5.92 Å². The topological polar surface area (TPSA) is 42.4 Å². The van der Waals surface area contributed by atoms with E-state index in [0.717, 1.165) is 37.4 Å². The Morgan fingerprint density at radius 3 is 2.47 bits per heavy atom. The number of amides is 1. The van der Waals surface area contributed by atoms with Crippen LogP contribution in [0.3, 0.4) is 0 Å². The van der Waals surface area contributed by atoms with Gasteiger partial charge in [-0.25, -0.2) is 4.98 Å². The van der Waals surface area contributed by atoms with Gasteiger partial charge in [-0.05, 0) is 49.4 Å². The van der Waals surface area contributed by atoms with Crippen LogP contribution in [0.5, 0.6) is 11.6 Å². The van der Waals surface area contributed by atoms with Crippen molar-refractivity contribution in [3.05, 3.63) is 51.6 Å². The number of pyridine rings is 1. The van der Waals surface area contributed by atoms with E-state index in [2.05, 4.69) is 4.98 Å². The summed E-state index contributed by atoms with van der Waals surface area (Å²) in [7, 11) is 0. The predicted octanol–water partition coefficient (Wildman–Crippen LogP) is 6.92. The van der Waals surface area contributed by atoms with Gasteiger partial charge < -0.3 is 9.64 Å². The molecule has 1 unspecified atom stereocenters. The molecule has 2 fully saturated rings. The van der Waals surface area contributed by atoms with Crippen molar-refractivity contribution in [2.75, 3.05) is 6.54 Å². The summed E-state index contributed by atoms with van der Waals surface area (Å²) in [5, 5.41) is 0.175. The Labute approximate surface area is 194 Å². The first-order valence-electron chi connectivity index (χ1n) is 10.7. The molecule has 0 spiro atoms. The van der Waals surface area contributed by atoms with Gasteiger partial charge in [0.15, 0.2) is 0 Å². The van der Waals surface area contributed by atoms with Crippen LogP contribution in [-0.4, -0.2) is 28.4 Å². The minimum Gasteiger partial charge on any atom is -0.437 e. The normalized spacial score (nSPS) is 20.1. The Bertz CT molecular complexity index is 994. The highest BCUT2D eigenvalue weighted by Crippen LogP contribution is 2.36. The minimum absolute atomic E-state index is 0.0905. The van der Waals surface area contributed by atoms with Crippen LogP contribution in [0.4, 0.5) is 13.2 Å². The molecule has 1 saturated heterocycles. The molecule has 1 atom stereocenters. The van der Waals surface area contributed by atoms with Crippen molar-refractivity contribution in [1.82, 2.24) is 9.88 Å². The van der Waals surface area contributed by atoms with Gasteiger partial charge in [-0.2, -0.15) is 13.2 Å². The number of halogens is 5. The summed E-state index contributed by atoms with van der Waals surface area (Å²) in [6.07, 6.45) is 3.28. The van der Waals surface area contributed by atoms with Gasteiger partial charge in [-0.1, -0.05) is 48.5 Å². The van der Waals surface area contributed by atoms with Gasteiger partial charge in [0.05, 0.1) is 5.56 Å². The zero-order valence-electron chi connectivity index (χ0n) is 17.3. The van der Waals surface area contributed by atoms with E-state index in [0.29, 0.717) is 29.4 Å². The molecule has 4 nitrogen and oxygen atoms in total. The van der Waals surface area contributed by atoms with Gasteiger partial charge in [-0.3, -0.25) is 4.79 Å². The highest BCUT2D eigenvalue weighted by Gasteiger charge is 2.36. The second-order valence-electron chi connectivity index (χ2n) is 8.38. The molecule has 172 valence electrons. The molecule has 2 heterocycles. The van der Waals surface area contributed by atoms with E-state index in [1.165, 1.54) is 19.3 Å². The third-order valence-corrected chi connectivity index (χ3v) is 6.83. The number of alkyl halides is 3. The summed E-state index contributed by atoms with van der Waals surface area (Å²) in [5.41, 5.74) is -0.124. The predicted molar refractivity (Wildman–Crippen MR) is 116 cm³/mol. The van der Waals surface area contributed by atoms with E-state index < -0.39 is 11.7 Å². The number of carbonyl (C=O) groups is 1. The lowest BCUT2D eigenvalue weighted by atomic mass is 9.94. The summed E-state index contributed by atoms with van der Waals surface area (Å²) in [6, 6.07) is 6.11. The molecule has 0 bridgehead atoms. The number of rotatable bonds is 5. The number of benzene rings is 1. The number of ether oxygens (including phenoxy) is 1. The third kappa shape index (κ3) is 5.15. The quantitative estimate of drug-likeness (QED) is 0.460.